The van der Waals surface area contributed by atoms with Crippen LogP contribution in [0.2, 0.25) is 0 Å². The van der Waals surface area contributed by atoms with Crippen LogP contribution in [0.5, 0.6) is 5.75 Å². The summed E-state index contributed by atoms with van der Waals surface area (Å²) in [5.41, 5.74) is 3.33. The highest BCUT2D eigenvalue weighted by Gasteiger charge is 2.17. The Kier molecular flexibility index (Phi) is 5.29. The zero-order valence-electron chi connectivity index (χ0n) is 16.4. The molecule has 0 bridgehead atoms. The Labute approximate surface area is 169 Å². The molecule has 0 radical (unpaired) electrons. The van der Waals surface area contributed by atoms with Crippen molar-refractivity contribution in [3.63, 3.8) is 0 Å². The molecule has 0 spiro atoms. The van der Waals surface area contributed by atoms with Crippen LogP contribution in [0, 0.1) is 6.92 Å². The number of nitrogens with one attached hydrogen (secondary N) is 1. The molecular weight excluding hydrogens is 364 g/mol. The Morgan fingerprint density at radius 3 is 2.66 bits per heavy atom. The lowest BCUT2D eigenvalue weighted by atomic mass is 10.0. The van der Waals surface area contributed by atoms with E-state index in [2.05, 4.69) is 10.5 Å². The van der Waals surface area contributed by atoms with Gasteiger partial charge in [0.2, 0.25) is 0 Å². The molecule has 0 saturated carbocycles. The van der Waals surface area contributed by atoms with Crippen molar-refractivity contribution in [2.75, 3.05) is 6.61 Å². The van der Waals surface area contributed by atoms with Crippen molar-refractivity contribution in [2.45, 2.75) is 20.4 Å². The first kappa shape index (κ1) is 18.7. The van der Waals surface area contributed by atoms with Gasteiger partial charge in [0.1, 0.15) is 11.4 Å². The fourth-order valence-electron chi connectivity index (χ4n) is 3.27. The molecule has 4 rings (SSSR count). The molecular formula is C24H22N2O3. The van der Waals surface area contributed by atoms with Gasteiger partial charge in [-0.3, -0.25) is 4.79 Å². The van der Waals surface area contributed by atoms with E-state index < -0.39 is 0 Å². The molecule has 3 aromatic carbocycles. The second kappa shape index (κ2) is 8.19. The summed E-state index contributed by atoms with van der Waals surface area (Å²) in [6, 6.07) is 21.4. The Morgan fingerprint density at radius 1 is 1.07 bits per heavy atom. The number of aromatic nitrogens is 1. The van der Waals surface area contributed by atoms with Crippen molar-refractivity contribution in [1.29, 1.82) is 0 Å². The van der Waals surface area contributed by atoms with Crippen LogP contribution < -0.4 is 10.1 Å². The predicted molar refractivity (Wildman–Crippen MR) is 113 cm³/mol. The van der Waals surface area contributed by atoms with Crippen LogP contribution in [0.3, 0.4) is 0 Å². The van der Waals surface area contributed by atoms with E-state index in [1.165, 1.54) is 5.56 Å². The summed E-state index contributed by atoms with van der Waals surface area (Å²) in [5.74, 6) is 1.05. The highest BCUT2D eigenvalue weighted by Crippen LogP contribution is 2.28. The largest absolute Gasteiger partial charge is 0.493 e. The Hall–Kier alpha value is -3.60. The third kappa shape index (κ3) is 3.99. The highest BCUT2D eigenvalue weighted by molar-refractivity contribution is 6.09. The molecule has 5 nitrogen and oxygen atoms in total. The van der Waals surface area contributed by atoms with Crippen LogP contribution in [0.4, 0.5) is 0 Å². The molecule has 1 amide bonds. The fraction of sp³-hybridized carbons (Fsp3) is 0.167. The van der Waals surface area contributed by atoms with E-state index in [-0.39, 0.29) is 12.5 Å². The lowest BCUT2D eigenvalue weighted by Crippen LogP contribution is -2.24. The summed E-state index contributed by atoms with van der Waals surface area (Å²) < 4.78 is 11.1. The van der Waals surface area contributed by atoms with Gasteiger partial charge in [-0.05, 0) is 30.7 Å². The van der Waals surface area contributed by atoms with Crippen molar-refractivity contribution in [1.82, 2.24) is 10.5 Å². The summed E-state index contributed by atoms with van der Waals surface area (Å²) in [4.78, 5) is 13.0. The summed E-state index contributed by atoms with van der Waals surface area (Å²) in [7, 11) is 0. The minimum absolute atomic E-state index is 0.204. The Balaban J connectivity index is 1.55. The van der Waals surface area contributed by atoms with Crippen LogP contribution in [-0.4, -0.2) is 17.7 Å². The molecule has 0 aliphatic rings. The van der Waals surface area contributed by atoms with Crippen LogP contribution >= 0.6 is 0 Å². The molecule has 5 heteroatoms. The van der Waals surface area contributed by atoms with E-state index in [0.29, 0.717) is 29.4 Å². The SMILES string of the molecule is CCOc1ccc2ccccc2c1C(=O)NCc1cc(-c2ccc(C)cc2)on1. The number of ether oxygens (including phenoxy) is 1. The monoisotopic (exact) mass is 386 g/mol. The molecule has 0 aliphatic heterocycles. The molecule has 1 heterocycles. The third-order valence-electron chi connectivity index (χ3n) is 4.74. The number of aryl methyl sites for hydroxylation is 1. The molecule has 29 heavy (non-hydrogen) atoms. The summed E-state index contributed by atoms with van der Waals surface area (Å²) in [6.07, 6.45) is 0. The summed E-state index contributed by atoms with van der Waals surface area (Å²) in [5, 5.41) is 8.87. The number of carbonyl (C=O) groups excluding carboxylic acids is 1. The first-order chi connectivity index (χ1) is 14.2. The molecule has 0 fully saturated rings. The molecule has 0 saturated heterocycles. The third-order valence-corrected chi connectivity index (χ3v) is 4.74. The number of carbonyl (C=O) groups is 1. The minimum atomic E-state index is -0.204. The lowest BCUT2D eigenvalue weighted by Gasteiger charge is -2.13. The average Bonchev–Trinajstić information content (AvgIpc) is 3.21. The number of nitrogens with zero attached hydrogens (tertiary/aromatic N) is 1. The zero-order valence-corrected chi connectivity index (χ0v) is 16.4. The van der Waals surface area contributed by atoms with Crippen LogP contribution in [0.1, 0.15) is 28.5 Å². The molecule has 0 aliphatic carbocycles. The number of benzene rings is 3. The van der Waals surface area contributed by atoms with Crippen LogP contribution in [0.25, 0.3) is 22.1 Å². The number of hydrogen-bond donors (Lipinski definition) is 1. The van der Waals surface area contributed by atoms with Crippen LogP contribution in [0.15, 0.2) is 71.3 Å². The zero-order chi connectivity index (χ0) is 20.2. The normalized spacial score (nSPS) is 10.8. The first-order valence-corrected chi connectivity index (χ1v) is 9.61. The molecule has 0 unspecified atom stereocenters. The summed E-state index contributed by atoms with van der Waals surface area (Å²) >= 11 is 0. The van der Waals surface area contributed by atoms with E-state index >= 15 is 0 Å². The van der Waals surface area contributed by atoms with Crippen molar-refractivity contribution < 1.29 is 14.1 Å². The fourth-order valence-corrected chi connectivity index (χ4v) is 3.27. The van der Waals surface area contributed by atoms with Gasteiger partial charge in [-0.2, -0.15) is 0 Å². The quantitative estimate of drug-likeness (QED) is 0.499. The van der Waals surface area contributed by atoms with Crippen molar-refractivity contribution in [3.8, 4) is 17.1 Å². The molecule has 0 atom stereocenters. The number of amides is 1. The molecule has 4 aromatic rings. The first-order valence-electron chi connectivity index (χ1n) is 9.61. The standard InChI is InChI=1S/C24H22N2O3/c1-3-28-21-13-12-17-6-4-5-7-20(17)23(21)24(27)25-15-19-14-22(29-26-19)18-10-8-16(2)9-11-18/h4-14H,3,15H2,1-2H3,(H,25,27). The van der Waals surface area contributed by atoms with Gasteiger partial charge in [-0.25, -0.2) is 0 Å². The highest BCUT2D eigenvalue weighted by atomic mass is 16.5. The van der Waals surface area contributed by atoms with Gasteiger partial charge in [0, 0.05) is 11.6 Å². The van der Waals surface area contributed by atoms with Crippen molar-refractivity contribution in [2.24, 2.45) is 0 Å². The van der Waals surface area contributed by atoms with Crippen molar-refractivity contribution >= 4 is 16.7 Å². The van der Waals surface area contributed by atoms with Crippen LogP contribution in [-0.2, 0) is 6.54 Å². The number of hydrogen-bond acceptors (Lipinski definition) is 4. The minimum Gasteiger partial charge on any atom is -0.493 e. The topological polar surface area (TPSA) is 64.4 Å². The maximum Gasteiger partial charge on any atom is 0.256 e. The van der Waals surface area contributed by atoms with Gasteiger partial charge in [0.15, 0.2) is 5.76 Å². The van der Waals surface area contributed by atoms with Gasteiger partial charge in [0.05, 0.1) is 18.7 Å². The molecule has 146 valence electrons. The summed E-state index contributed by atoms with van der Waals surface area (Å²) in [6.45, 7) is 4.69. The van der Waals surface area contributed by atoms with E-state index in [4.69, 9.17) is 9.26 Å². The van der Waals surface area contributed by atoms with E-state index in [1.807, 2.05) is 80.6 Å². The average molecular weight is 386 g/mol. The maximum atomic E-state index is 13.0. The van der Waals surface area contributed by atoms with Gasteiger partial charge in [-0.1, -0.05) is 65.3 Å². The molecule has 1 aromatic heterocycles. The van der Waals surface area contributed by atoms with E-state index in [9.17, 15) is 4.79 Å². The Morgan fingerprint density at radius 2 is 1.86 bits per heavy atom. The molecule has 1 N–H and O–H groups in total. The smallest absolute Gasteiger partial charge is 0.256 e. The number of fused-ring (bicyclic) bond motifs is 1. The van der Waals surface area contributed by atoms with E-state index in [1.54, 1.807) is 0 Å². The van der Waals surface area contributed by atoms with Gasteiger partial charge in [-0.15, -0.1) is 0 Å². The second-order valence-electron chi connectivity index (χ2n) is 6.82. The second-order valence-corrected chi connectivity index (χ2v) is 6.82. The Bertz CT molecular complexity index is 1150. The van der Waals surface area contributed by atoms with Crippen molar-refractivity contribution in [3.05, 3.63) is 83.6 Å². The van der Waals surface area contributed by atoms with E-state index in [0.717, 1.165) is 16.3 Å². The number of rotatable bonds is 6. The predicted octanol–water partition coefficient (Wildman–Crippen LogP) is 5.13. The van der Waals surface area contributed by atoms with Gasteiger partial charge in [0.25, 0.3) is 5.91 Å². The lowest BCUT2D eigenvalue weighted by molar-refractivity contribution is 0.0948. The van der Waals surface area contributed by atoms with Gasteiger partial charge >= 0.3 is 0 Å². The maximum absolute atomic E-state index is 13.0. The van der Waals surface area contributed by atoms with Gasteiger partial charge < -0.3 is 14.6 Å².